The van der Waals surface area contributed by atoms with Crippen molar-refractivity contribution in [3.8, 4) is 5.75 Å². The smallest absolute Gasteiger partial charge is 0.244 e. The minimum Gasteiger partial charge on any atom is -1.00 e. The molecular weight excluding hydrogens is 389 g/mol. The highest BCUT2D eigenvalue weighted by molar-refractivity contribution is 5.99. The molecule has 1 unspecified atom stereocenters. The van der Waals surface area contributed by atoms with Crippen molar-refractivity contribution in [2.75, 3.05) is 0 Å². The van der Waals surface area contributed by atoms with Gasteiger partial charge in [0.2, 0.25) is 5.84 Å². The van der Waals surface area contributed by atoms with E-state index in [9.17, 15) is 4.39 Å². The zero-order valence-corrected chi connectivity index (χ0v) is 16.1. The normalized spacial score (nSPS) is 18.6. The fourth-order valence-corrected chi connectivity index (χ4v) is 3.31. The second kappa shape index (κ2) is 7.99. The maximum Gasteiger partial charge on any atom is 0.244 e. The molecule has 2 aromatic rings. The van der Waals surface area contributed by atoms with Crippen LogP contribution in [-0.2, 0) is 6.61 Å². The average Bonchev–Trinajstić information content (AvgIpc) is 3.06. The lowest BCUT2D eigenvalue weighted by atomic mass is 10.0. The topological polar surface area (TPSA) is 38.4 Å². The molecule has 3 aliphatic rings. The zero-order chi connectivity index (χ0) is 18.9. The Balaban J connectivity index is 0.00000205. The number of benzene rings is 2. The molecule has 2 heterocycles. The average molecular weight is 406 g/mol. The fraction of sp³-hybridized carbons (Fsp3) is 0.0435. The van der Waals surface area contributed by atoms with Crippen molar-refractivity contribution in [1.82, 2.24) is 0 Å². The van der Waals surface area contributed by atoms with Gasteiger partial charge >= 0.3 is 0 Å². The molecule has 1 N–H and O–H groups in total. The summed E-state index contributed by atoms with van der Waals surface area (Å²) in [5, 5.41) is 0. The molecule has 4 nitrogen and oxygen atoms in total. The SMILES string of the molecule is Fc1ccc(C2=NC(C3=CC=C3)=C3C=NC=C[NH+]23)cc1OCc1ccccc1.[Cl-]. The van der Waals surface area contributed by atoms with Crippen LogP contribution >= 0.6 is 0 Å². The summed E-state index contributed by atoms with van der Waals surface area (Å²) in [7, 11) is 0. The summed E-state index contributed by atoms with van der Waals surface area (Å²) >= 11 is 0. The molecule has 0 saturated heterocycles. The number of allylic oxidation sites excluding steroid dienone is 4. The summed E-state index contributed by atoms with van der Waals surface area (Å²) in [4.78, 5) is 10.1. The molecule has 1 atom stereocenters. The number of fused-ring (bicyclic) bond motifs is 1. The van der Waals surface area contributed by atoms with Gasteiger partial charge in [-0.05, 0) is 23.8 Å². The first kappa shape index (κ1) is 19.1. The largest absolute Gasteiger partial charge is 1.00 e. The summed E-state index contributed by atoms with van der Waals surface area (Å²) in [6.07, 6.45) is 11.6. The Labute approximate surface area is 174 Å². The van der Waals surface area contributed by atoms with Crippen molar-refractivity contribution < 1.29 is 26.4 Å². The van der Waals surface area contributed by atoms with Crippen LogP contribution in [0.3, 0.4) is 0 Å². The Morgan fingerprint density at radius 3 is 2.66 bits per heavy atom. The number of nitrogens with one attached hydrogen (secondary N) is 1. The van der Waals surface area contributed by atoms with Crippen molar-refractivity contribution >= 4 is 12.1 Å². The lowest BCUT2D eigenvalue weighted by Gasteiger charge is -2.14. The van der Waals surface area contributed by atoms with Gasteiger partial charge in [-0.2, -0.15) is 4.99 Å². The summed E-state index contributed by atoms with van der Waals surface area (Å²) in [5.74, 6) is 0.635. The number of quaternary nitrogens is 1. The summed E-state index contributed by atoms with van der Waals surface area (Å²) in [6.45, 7) is 0.309. The van der Waals surface area contributed by atoms with E-state index >= 15 is 0 Å². The molecule has 6 heteroatoms. The molecule has 0 aromatic heterocycles. The van der Waals surface area contributed by atoms with E-state index in [-0.39, 0.29) is 24.0 Å². The molecular formula is C23H17ClFN3O. The van der Waals surface area contributed by atoms with E-state index in [1.165, 1.54) is 6.07 Å². The third-order valence-electron chi connectivity index (χ3n) is 4.82. The predicted octanol–water partition coefficient (Wildman–Crippen LogP) is 0.317. The zero-order valence-electron chi connectivity index (χ0n) is 15.3. The molecule has 1 aliphatic carbocycles. The van der Waals surface area contributed by atoms with Gasteiger partial charge in [-0.3, -0.25) is 4.99 Å². The van der Waals surface area contributed by atoms with E-state index in [1.807, 2.05) is 61.0 Å². The Morgan fingerprint density at radius 2 is 1.90 bits per heavy atom. The van der Waals surface area contributed by atoms with E-state index in [1.54, 1.807) is 18.3 Å². The highest BCUT2D eigenvalue weighted by atomic mass is 35.5. The van der Waals surface area contributed by atoms with Crippen molar-refractivity contribution in [2.45, 2.75) is 6.61 Å². The van der Waals surface area contributed by atoms with Crippen LogP contribution in [0.2, 0.25) is 0 Å². The highest BCUT2D eigenvalue weighted by Gasteiger charge is 2.34. The van der Waals surface area contributed by atoms with Gasteiger partial charge in [0.25, 0.3) is 0 Å². The van der Waals surface area contributed by atoms with E-state index in [4.69, 9.17) is 9.73 Å². The summed E-state index contributed by atoms with van der Waals surface area (Å²) in [6, 6.07) is 14.6. The predicted molar refractivity (Wildman–Crippen MR) is 107 cm³/mol. The molecule has 0 saturated carbocycles. The van der Waals surface area contributed by atoms with Gasteiger partial charge in [0, 0.05) is 5.57 Å². The Hall–Kier alpha value is -3.28. The molecule has 0 bridgehead atoms. The Morgan fingerprint density at radius 1 is 1.07 bits per heavy atom. The van der Waals surface area contributed by atoms with Crippen LogP contribution in [0.1, 0.15) is 11.1 Å². The van der Waals surface area contributed by atoms with Crippen LogP contribution < -0.4 is 22.0 Å². The lowest BCUT2D eigenvalue weighted by molar-refractivity contribution is -0.689. The van der Waals surface area contributed by atoms with E-state index in [2.05, 4.69) is 4.99 Å². The van der Waals surface area contributed by atoms with Crippen LogP contribution in [0.15, 0.2) is 106 Å². The number of ether oxygens (including phenoxy) is 1. The number of rotatable bonds is 5. The van der Waals surface area contributed by atoms with Gasteiger partial charge in [-0.15, -0.1) is 0 Å². The molecule has 5 rings (SSSR count). The molecule has 29 heavy (non-hydrogen) atoms. The van der Waals surface area contributed by atoms with Crippen LogP contribution in [-0.4, -0.2) is 12.1 Å². The van der Waals surface area contributed by atoms with Crippen molar-refractivity contribution in [3.05, 3.63) is 113 Å². The van der Waals surface area contributed by atoms with Crippen LogP contribution in [0.4, 0.5) is 4.39 Å². The first-order valence-corrected chi connectivity index (χ1v) is 9.05. The maximum absolute atomic E-state index is 14.3. The molecule has 0 spiro atoms. The van der Waals surface area contributed by atoms with Gasteiger partial charge in [-0.1, -0.05) is 48.6 Å². The monoisotopic (exact) mass is 405 g/mol. The quantitative estimate of drug-likeness (QED) is 0.764. The van der Waals surface area contributed by atoms with Crippen LogP contribution in [0.25, 0.3) is 0 Å². The maximum atomic E-state index is 14.3. The summed E-state index contributed by atoms with van der Waals surface area (Å²) < 4.78 is 20.1. The third-order valence-corrected chi connectivity index (χ3v) is 4.82. The summed E-state index contributed by atoms with van der Waals surface area (Å²) in [5.41, 5.74) is 4.77. The molecule has 2 aliphatic heterocycles. The first-order valence-electron chi connectivity index (χ1n) is 9.05. The molecule has 0 radical (unpaired) electrons. The fourth-order valence-electron chi connectivity index (χ4n) is 3.31. The van der Waals surface area contributed by atoms with Crippen LogP contribution in [0, 0.1) is 5.82 Å². The molecule has 2 aromatic carbocycles. The number of amidine groups is 1. The third kappa shape index (κ3) is 3.58. The highest BCUT2D eigenvalue weighted by Crippen LogP contribution is 2.26. The van der Waals surface area contributed by atoms with Crippen molar-refractivity contribution in [3.63, 3.8) is 0 Å². The van der Waals surface area contributed by atoms with E-state index in [0.29, 0.717) is 6.61 Å². The second-order valence-corrected chi connectivity index (χ2v) is 6.63. The van der Waals surface area contributed by atoms with E-state index in [0.717, 1.165) is 38.8 Å². The van der Waals surface area contributed by atoms with Gasteiger partial charge in [0.05, 0.1) is 18.0 Å². The van der Waals surface area contributed by atoms with Gasteiger partial charge < -0.3 is 17.1 Å². The van der Waals surface area contributed by atoms with Gasteiger partial charge in [-0.25, -0.2) is 9.29 Å². The number of halogens is 2. The number of aliphatic imine (C=N–C) groups is 2. The molecule has 0 amide bonds. The molecule has 144 valence electrons. The van der Waals surface area contributed by atoms with Crippen molar-refractivity contribution in [1.29, 1.82) is 0 Å². The number of nitrogens with zero attached hydrogens (tertiary/aromatic N) is 2. The van der Waals surface area contributed by atoms with Gasteiger partial charge in [0.15, 0.2) is 17.3 Å². The Kier molecular flexibility index (Phi) is 5.25. The number of hydrogen-bond donors (Lipinski definition) is 1. The minimum atomic E-state index is -0.387. The van der Waals surface area contributed by atoms with Crippen molar-refractivity contribution in [2.24, 2.45) is 9.98 Å². The van der Waals surface area contributed by atoms with E-state index < -0.39 is 0 Å². The number of hydrogen-bond acceptors (Lipinski definition) is 3. The first-order chi connectivity index (χ1) is 13.8. The Bertz CT molecular complexity index is 1130. The second-order valence-electron chi connectivity index (χ2n) is 6.63. The lowest BCUT2D eigenvalue weighted by Crippen LogP contribution is -3.08. The van der Waals surface area contributed by atoms with Gasteiger partial charge in [0.1, 0.15) is 18.5 Å². The van der Waals surface area contributed by atoms with Crippen LogP contribution in [0.5, 0.6) is 5.75 Å². The minimum absolute atomic E-state index is 0. The standard InChI is InChI=1S/C23H16FN3O.ClH/c24-19-10-9-18(13-21(19)28-15-16-5-2-1-3-6-16)23-26-22(17-7-4-8-17)20-14-25-11-12-27(20)23;/h1-14H,15H2;1H. The molecule has 0 fully saturated rings.